The Morgan fingerprint density at radius 2 is 1.63 bits per heavy atom. The zero-order chi connectivity index (χ0) is 13.4. The normalized spacial score (nSPS) is 12.8. The average molecular weight is 276 g/mol. The maximum absolute atomic E-state index is 13.7. The predicted octanol–water partition coefficient (Wildman–Crippen LogP) is 4.26. The van der Waals surface area contributed by atoms with Crippen LogP contribution < -0.4 is 0 Å². The van der Waals surface area contributed by atoms with Gasteiger partial charge >= 0.3 is 0 Å². The van der Waals surface area contributed by atoms with E-state index in [1.54, 1.807) is 5.38 Å². The van der Waals surface area contributed by atoms with Crippen molar-refractivity contribution in [2.45, 2.75) is 6.10 Å². The summed E-state index contributed by atoms with van der Waals surface area (Å²) < 4.78 is 28.4. The van der Waals surface area contributed by atoms with Crippen LogP contribution in [0.15, 0.2) is 47.8 Å². The number of hydrogen-bond donors (Lipinski definition) is 1. The third-order valence-electron chi connectivity index (χ3n) is 3.08. The molecule has 0 aliphatic heterocycles. The lowest BCUT2D eigenvalue weighted by Gasteiger charge is -2.12. The van der Waals surface area contributed by atoms with E-state index in [2.05, 4.69) is 0 Å². The van der Waals surface area contributed by atoms with Crippen molar-refractivity contribution < 1.29 is 13.9 Å². The lowest BCUT2D eigenvalue weighted by molar-refractivity contribution is 0.211. The highest BCUT2D eigenvalue weighted by atomic mass is 32.1. The molecule has 1 heterocycles. The molecule has 1 N–H and O–H groups in total. The zero-order valence-corrected chi connectivity index (χ0v) is 10.6. The van der Waals surface area contributed by atoms with E-state index >= 15 is 0 Å². The molecule has 19 heavy (non-hydrogen) atoms. The minimum atomic E-state index is -1.29. The van der Waals surface area contributed by atoms with Gasteiger partial charge in [0.05, 0.1) is 5.56 Å². The fourth-order valence-corrected chi connectivity index (χ4v) is 3.12. The molecule has 0 amide bonds. The van der Waals surface area contributed by atoms with Crippen LogP contribution in [-0.4, -0.2) is 5.11 Å². The third-order valence-corrected chi connectivity index (χ3v) is 4.06. The van der Waals surface area contributed by atoms with Crippen LogP contribution in [0.1, 0.15) is 17.2 Å². The maximum atomic E-state index is 13.7. The lowest BCUT2D eigenvalue weighted by atomic mass is 10.00. The molecular weight excluding hydrogens is 266 g/mol. The molecule has 0 saturated heterocycles. The van der Waals surface area contributed by atoms with Crippen molar-refractivity contribution in [2.75, 3.05) is 0 Å². The summed E-state index contributed by atoms with van der Waals surface area (Å²) in [7, 11) is 0. The van der Waals surface area contributed by atoms with E-state index in [1.807, 2.05) is 24.3 Å². The average Bonchev–Trinajstić information content (AvgIpc) is 2.82. The largest absolute Gasteiger partial charge is 0.383 e. The Morgan fingerprint density at radius 3 is 2.37 bits per heavy atom. The van der Waals surface area contributed by atoms with E-state index in [0.29, 0.717) is 5.56 Å². The topological polar surface area (TPSA) is 20.2 Å². The van der Waals surface area contributed by atoms with Gasteiger partial charge in [0, 0.05) is 10.3 Å². The zero-order valence-electron chi connectivity index (χ0n) is 9.81. The second-order valence-electron chi connectivity index (χ2n) is 4.23. The van der Waals surface area contributed by atoms with Crippen LogP contribution in [0.2, 0.25) is 0 Å². The summed E-state index contributed by atoms with van der Waals surface area (Å²) in [6.45, 7) is 0. The molecule has 4 heteroatoms. The summed E-state index contributed by atoms with van der Waals surface area (Å²) in [6, 6.07) is 11.1. The summed E-state index contributed by atoms with van der Waals surface area (Å²) in [5.74, 6) is -1.47. The number of halogens is 2. The van der Waals surface area contributed by atoms with E-state index in [1.165, 1.54) is 17.4 Å². The van der Waals surface area contributed by atoms with Crippen molar-refractivity contribution in [3.8, 4) is 0 Å². The molecule has 0 spiro atoms. The van der Waals surface area contributed by atoms with Gasteiger partial charge in [0.1, 0.15) is 17.7 Å². The van der Waals surface area contributed by atoms with Crippen molar-refractivity contribution in [2.24, 2.45) is 0 Å². The fraction of sp³-hybridized carbons (Fsp3) is 0.0667. The standard InChI is InChI=1S/C15H10F2OS/c16-11-5-3-6-12(17)14(11)15(18)10-8-19-13-7-2-1-4-9(10)13/h1-8,15,18H. The third kappa shape index (κ3) is 2.03. The predicted molar refractivity (Wildman–Crippen MR) is 72.2 cm³/mol. The van der Waals surface area contributed by atoms with Crippen LogP contribution in [0.3, 0.4) is 0 Å². The Bertz CT molecular complexity index is 716. The fourth-order valence-electron chi connectivity index (χ4n) is 2.14. The number of fused-ring (bicyclic) bond motifs is 1. The van der Waals surface area contributed by atoms with Gasteiger partial charge in [-0.3, -0.25) is 0 Å². The molecule has 0 radical (unpaired) electrons. The van der Waals surface area contributed by atoms with Crippen LogP contribution in [0, 0.1) is 11.6 Å². The van der Waals surface area contributed by atoms with Crippen LogP contribution in [0.25, 0.3) is 10.1 Å². The monoisotopic (exact) mass is 276 g/mol. The minimum absolute atomic E-state index is 0.300. The van der Waals surface area contributed by atoms with Crippen LogP contribution in [0.4, 0.5) is 8.78 Å². The molecule has 0 bridgehead atoms. The Kier molecular flexibility index (Phi) is 3.05. The van der Waals surface area contributed by atoms with Gasteiger partial charge in [-0.05, 0) is 29.0 Å². The molecule has 1 unspecified atom stereocenters. The molecule has 0 aliphatic carbocycles. The van der Waals surface area contributed by atoms with Gasteiger partial charge in [-0.2, -0.15) is 0 Å². The Balaban J connectivity index is 2.16. The van der Waals surface area contributed by atoms with Crippen molar-refractivity contribution in [1.82, 2.24) is 0 Å². The summed E-state index contributed by atoms with van der Waals surface area (Å²) in [6.07, 6.45) is -1.29. The summed E-state index contributed by atoms with van der Waals surface area (Å²) in [5.41, 5.74) is 0.232. The summed E-state index contributed by atoms with van der Waals surface area (Å²) >= 11 is 1.44. The summed E-state index contributed by atoms with van der Waals surface area (Å²) in [5, 5.41) is 12.8. The molecule has 0 aliphatic rings. The second kappa shape index (κ2) is 4.72. The molecule has 3 aromatic rings. The molecule has 0 fully saturated rings. The van der Waals surface area contributed by atoms with Crippen molar-refractivity contribution in [3.05, 3.63) is 70.6 Å². The molecular formula is C15H10F2OS. The van der Waals surface area contributed by atoms with Gasteiger partial charge in [-0.25, -0.2) is 8.78 Å². The Morgan fingerprint density at radius 1 is 0.947 bits per heavy atom. The van der Waals surface area contributed by atoms with Crippen molar-refractivity contribution in [3.63, 3.8) is 0 Å². The van der Waals surface area contributed by atoms with E-state index < -0.39 is 17.7 Å². The number of aliphatic hydroxyl groups excluding tert-OH is 1. The molecule has 3 rings (SSSR count). The summed E-state index contributed by atoms with van der Waals surface area (Å²) in [4.78, 5) is 0. The van der Waals surface area contributed by atoms with Crippen LogP contribution in [0.5, 0.6) is 0 Å². The van der Waals surface area contributed by atoms with Gasteiger partial charge in [0.15, 0.2) is 0 Å². The molecule has 1 atom stereocenters. The highest BCUT2D eigenvalue weighted by Gasteiger charge is 2.21. The first kappa shape index (κ1) is 12.3. The lowest BCUT2D eigenvalue weighted by Crippen LogP contribution is -2.05. The van der Waals surface area contributed by atoms with Crippen molar-refractivity contribution >= 4 is 21.4 Å². The molecule has 2 aromatic carbocycles. The smallest absolute Gasteiger partial charge is 0.132 e. The van der Waals surface area contributed by atoms with E-state index in [9.17, 15) is 13.9 Å². The van der Waals surface area contributed by atoms with Crippen molar-refractivity contribution in [1.29, 1.82) is 0 Å². The minimum Gasteiger partial charge on any atom is -0.383 e. The van der Waals surface area contributed by atoms with Gasteiger partial charge in [-0.1, -0.05) is 24.3 Å². The molecule has 1 nitrogen and oxygen atoms in total. The number of thiophene rings is 1. The number of aliphatic hydroxyl groups is 1. The Labute approximate surface area is 112 Å². The van der Waals surface area contributed by atoms with Crippen LogP contribution in [-0.2, 0) is 0 Å². The number of rotatable bonds is 2. The first-order valence-electron chi connectivity index (χ1n) is 5.76. The van der Waals surface area contributed by atoms with Gasteiger partial charge in [0.25, 0.3) is 0 Å². The van der Waals surface area contributed by atoms with Gasteiger partial charge < -0.3 is 5.11 Å². The van der Waals surface area contributed by atoms with E-state index in [4.69, 9.17) is 0 Å². The highest BCUT2D eigenvalue weighted by Crippen LogP contribution is 2.35. The number of hydrogen-bond acceptors (Lipinski definition) is 2. The van der Waals surface area contributed by atoms with Crippen LogP contribution >= 0.6 is 11.3 Å². The molecule has 96 valence electrons. The second-order valence-corrected chi connectivity index (χ2v) is 5.14. The maximum Gasteiger partial charge on any atom is 0.132 e. The van der Waals surface area contributed by atoms with E-state index in [-0.39, 0.29) is 5.56 Å². The SMILES string of the molecule is OC(c1c(F)cccc1F)c1csc2ccccc12. The quantitative estimate of drug-likeness (QED) is 0.741. The van der Waals surface area contributed by atoms with E-state index in [0.717, 1.165) is 22.2 Å². The molecule has 0 saturated carbocycles. The highest BCUT2D eigenvalue weighted by molar-refractivity contribution is 7.17. The Hall–Kier alpha value is -1.78. The van der Waals surface area contributed by atoms with Gasteiger partial charge in [0.2, 0.25) is 0 Å². The number of benzene rings is 2. The molecule has 1 aromatic heterocycles. The van der Waals surface area contributed by atoms with Gasteiger partial charge in [-0.15, -0.1) is 11.3 Å². The first-order valence-corrected chi connectivity index (χ1v) is 6.64. The first-order chi connectivity index (χ1) is 9.18.